The Morgan fingerprint density at radius 2 is 0.663 bits per heavy atom. The highest BCUT2D eigenvalue weighted by Gasteiger charge is 2.50. The predicted octanol–water partition coefficient (Wildman–Crippen LogP) is 10.1. The van der Waals surface area contributed by atoms with Crippen LogP contribution in [0.4, 0.5) is 30.2 Å². The molecule has 6 aromatic heterocycles. The molecule has 23 heteroatoms. The van der Waals surface area contributed by atoms with Crippen LogP contribution in [0, 0.1) is 0 Å². The van der Waals surface area contributed by atoms with E-state index in [0.29, 0.717) is 16.7 Å². The number of carbonyl (C=O) groups excluding carboxylic acids is 7. The van der Waals surface area contributed by atoms with Gasteiger partial charge in [-0.1, -0.05) is 36.4 Å². The van der Waals surface area contributed by atoms with Crippen molar-refractivity contribution >= 4 is 92.5 Å². The van der Waals surface area contributed by atoms with Crippen LogP contribution in [0.15, 0.2) is 197 Å². The monoisotopic (exact) mass is 1220 g/mol. The third-order valence-corrected chi connectivity index (χ3v) is 16.5. The lowest BCUT2D eigenvalue weighted by Crippen LogP contribution is -2.52. The fourth-order valence-electron chi connectivity index (χ4n) is 9.55. The van der Waals surface area contributed by atoms with Crippen LogP contribution >= 0.6 is 34.0 Å². The maximum atomic E-state index is 14.8. The zero-order valence-electron chi connectivity index (χ0n) is 46.1. The highest BCUT2D eigenvalue weighted by molar-refractivity contribution is 7.08. The van der Waals surface area contributed by atoms with Gasteiger partial charge < -0.3 is 36.6 Å². The van der Waals surface area contributed by atoms with Crippen molar-refractivity contribution in [3.05, 3.63) is 247 Å². The second-order valence-electron chi connectivity index (χ2n) is 20.3. The van der Waals surface area contributed by atoms with Gasteiger partial charge in [0, 0.05) is 70.9 Å². The zero-order chi connectivity index (χ0) is 61.1. The van der Waals surface area contributed by atoms with E-state index in [1.54, 1.807) is 54.6 Å². The first kappa shape index (κ1) is 60.9. The number of hydrogen-bond acceptors (Lipinski definition) is 14. The fraction of sp³-hybridized carbons (Fsp3) is 0.175. The Balaban J connectivity index is 1.09. The number of carbonyl (C=O) groups is 7. The average molecular weight is 1220 g/mol. The standard InChI is InChI=1S/C63H54F3N9O8S3/c1-59(43-16-25-67-26-17-43,73-52(76)34-40-22-31-84-37-40)55(79)70-49-10-4-46(5-11-49)62(83-58(82)63(64,65)66,47-6-12-50(13-7-47)71-56(80)60(2,44-18-27-68-28-19-44)74-53(77)35-41-23-32-85-38-41)48-8-14-51(15-9-48)72-57(81)61(3,45-20-29-69-30-21-45)75-54(78)36-42-24-33-86-39-42/h4-33,37-39H,34-36H2,1-3H3,(H,70,79)(H,71,80)(H,72,81)(H,73,76)(H,74,77)(H,75,78)/t59-,60-,61-/m0/s1. The number of benzene rings is 3. The van der Waals surface area contributed by atoms with Gasteiger partial charge in [0.15, 0.2) is 5.60 Å². The number of esters is 1. The first-order valence-electron chi connectivity index (χ1n) is 26.4. The topological polar surface area (TPSA) is 240 Å². The summed E-state index contributed by atoms with van der Waals surface area (Å²) in [5.74, 6) is -6.04. The molecule has 0 bridgehead atoms. The lowest BCUT2D eigenvalue weighted by Gasteiger charge is -2.36. The minimum absolute atomic E-state index is 0.0233. The van der Waals surface area contributed by atoms with Crippen molar-refractivity contribution in [2.45, 2.75) is 68.4 Å². The molecular formula is C63H54F3N9O8S3. The van der Waals surface area contributed by atoms with E-state index in [0.717, 1.165) is 16.7 Å². The quantitative estimate of drug-likeness (QED) is 0.0276. The van der Waals surface area contributed by atoms with Gasteiger partial charge in [0.2, 0.25) is 17.7 Å². The van der Waals surface area contributed by atoms with Crippen LogP contribution in [0.2, 0.25) is 0 Å². The number of nitrogens with one attached hydrogen (secondary N) is 6. The Kier molecular flexibility index (Phi) is 18.4. The molecule has 86 heavy (non-hydrogen) atoms. The number of alkyl halides is 3. The smallest absolute Gasteiger partial charge is 0.438 e. The van der Waals surface area contributed by atoms with Crippen LogP contribution in [0.3, 0.4) is 0 Å². The lowest BCUT2D eigenvalue weighted by molar-refractivity contribution is -0.209. The minimum Gasteiger partial charge on any atom is -0.438 e. The van der Waals surface area contributed by atoms with Crippen molar-refractivity contribution < 1.29 is 51.5 Å². The molecular weight excluding hydrogens is 1160 g/mol. The number of amides is 6. The van der Waals surface area contributed by atoms with E-state index in [1.165, 1.54) is 165 Å². The number of rotatable bonds is 22. The molecule has 0 saturated carbocycles. The van der Waals surface area contributed by atoms with Crippen LogP contribution in [0.25, 0.3) is 0 Å². The van der Waals surface area contributed by atoms with E-state index in [1.807, 2.05) is 32.3 Å². The summed E-state index contributed by atoms with van der Waals surface area (Å²) in [4.78, 5) is 109. The van der Waals surface area contributed by atoms with E-state index in [9.17, 15) is 46.7 Å². The number of nitrogens with zero attached hydrogens (tertiary/aromatic N) is 3. The van der Waals surface area contributed by atoms with E-state index in [4.69, 9.17) is 4.74 Å². The van der Waals surface area contributed by atoms with Gasteiger partial charge in [0.1, 0.15) is 16.6 Å². The molecule has 438 valence electrons. The van der Waals surface area contributed by atoms with Crippen LogP contribution < -0.4 is 31.9 Å². The van der Waals surface area contributed by atoms with E-state index in [-0.39, 0.29) is 53.0 Å². The Hall–Kier alpha value is -9.71. The summed E-state index contributed by atoms with van der Waals surface area (Å²) < 4.78 is 50.1. The van der Waals surface area contributed by atoms with E-state index < -0.39 is 69.8 Å². The number of aromatic nitrogens is 3. The molecule has 0 spiro atoms. The van der Waals surface area contributed by atoms with Gasteiger partial charge in [-0.25, -0.2) is 4.79 Å². The van der Waals surface area contributed by atoms with Gasteiger partial charge in [0.25, 0.3) is 17.7 Å². The second-order valence-corrected chi connectivity index (χ2v) is 22.7. The Morgan fingerprint density at radius 1 is 0.395 bits per heavy atom. The first-order chi connectivity index (χ1) is 41.2. The normalized spacial score (nSPS) is 13.5. The van der Waals surface area contributed by atoms with Crippen molar-refractivity contribution in [3.63, 3.8) is 0 Å². The Labute approximate surface area is 503 Å². The SMILES string of the molecule is C[C@@](NC(=O)Cc1ccsc1)(C(=O)Nc1ccc(C(OC(=O)C(F)(F)F)(c2ccc(NC(=O)[C@@](C)(NC(=O)Cc3ccsc3)c3ccncc3)cc2)c2ccc(NC(=O)[C@@](C)(NC(=O)Cc3ccsc3)c3ccncc3)cc2)cc1)c1ccncc1. The summed E-state index contributed by atoms with van der Waals surface area (Å²) in [6.45, 7) is 4.55. The molecule has 0 unspecified atom stereocenters. The lowest BCUT2D eigenvalue weighted by atomic mass is 9.79. The maximum absolute atomic E-state index is 14.8. The molecule has 3 atom stereocenters. The molecule has 6 heterocycles. The number of ether oxygens (including phenoxy) is 1. The third kappa shape index (κ3) is 13.9. The van der Waals surface area contributed by atoms with Gasteiger partial charge in [-0.3, -0.25) is 43.7 Å². The highest BCUT2D eigenvalue weighted by atomic mass is 32.1. The van der Waals surface area contributed by atoms with Crippen molar-refractivity contribution in [3.8, 4) is 0 Å². The van der Waals surface area contributed by atoms with Crippen LogP contribution in [-0.2, 0) is 79.8 Å². The summed E-state index contributed by atoms with van der Waals surface area (Å²) in [6.07, 6.45) is 3.15. The number of hydrogen-bond donors (Lipinski definition) is 6. The average Bonchev–Trinajstić information content (AvgIpc) is 1.64. The molecule has 0 saturated heterocycles. The summed E-state index contributed by atoms with van der Waals surface area (Å²) in [7, 11) is 0. The molecule has 6 N–H and O–H groups in total. The molecule has 17 nitrogen and oxygen atoms in total. The van der Waals surface area contributed by atoms with Crippen molar-refractivity contribution in [1.29, 1.82) is 0 Å². The molecule has 0 aliphatic carbocycles. The van der Waals surface area contributed by atoms with Crippen molar-refractivity contribution in [2.24, 2.45) is 0 Å². The summed E-state index contributed by atoms with van der Waals surface area (Å²) in [6, 6.07) is 31.2. The fourth-order valence-corrected chi connectivity index (χ4v) is 11.6. The summed E-state index contributed by atoms with van der Waals surface area (Å²) in [5, 5.41) is 27.9. The Bertz CT molecular complexity index is 3450. The molecule has 3 aromatic carbocycles. The van der Waals surface area contributed by atoms with E-state index in [2.05, 4.69) is 46.9 Å². The summed E-state index contributed by atoms with van der Waals surface area (Å²) >= 11 is 4.23. The van der Waals surface area contributed by atoms with Crippen molar-refractivity contribution in [1.82, 2.24) is 30.9 Å². The Morgan fingerprint density at radius 3 is 0.895 bits per heavy atom. The summed E-state index contributed by atoms with van der Waals surface area (Å²) in [5.41, 5.74) is -3.99. The number of anilines is 3. The molecule has 0 radical (unpaired) electrons. The largest absolute Gasteiger partial charge is 0.490 e. The minimum atomic E-state index is -5.55. The van der Waals surface area contributed by atoms with E-state index >= 15 is 0 Å². The molecule has 9 aromatic rings. The zero-order valence-corrected chi connectivity index (χ0v) is 48.6. The molecule has 0 fully saturated rings. The van der Waals surface area contributed by atoms with Crippen molar-refractivity contribution in [2.75, 3.05) is 16.0 Å². The van der Waals surface area contributed by atoms with Crippen LogP contribution in [-0.4, -0.2) is 62.5 Å². The van der Waals surface area contributed by atoms with Crippen LogP contribution in [0.1, 0.15) is 70.8 Å². The van der Waals surface area contributed by atoms with Crippen LogP contribution in [0.5, 0.6) is 0 Å². The molecule has 6 amide bonds. The predicted molar refractivity (Wildman–Crippen MR) is 321 cm³/mol. The molecule has 9 rings (SSSR count). The van der Waals surface area contributed by atoms with Gasteiger partial charge in [-0.05, 0) is 177 Å². The number of thiophene rings is 3. The second kappa shape index (κ2) is 26.1. The molecule has 0 aliphatic heterocycles. The number of halogens is 3. The number of pyridine rings is 3. The van der Waals surface area contributed by atoms with Gasteiger partial charge in [0.05, 0.1) is 19.3 Å². The maximum Gasteiger partial charge on any atom is 0.490 e. The highest BCUT2D eigenvalue weighted by Crippen LogP contribution is 2.44. The van der Waals surface area contributed by atoms with Gasteiger partial charge in [-0.15, -0.1) is 0 Å². The third-order valence-electron chi connectivity index (χ3n) is 14.3. The molecule has 0 aliphatic rings. The van der Waals surface area contributed by atoms with Gasteiger partial charge in [-0.2, -0.15) is 47.2 Å². The van der Waals surface area contributed by atoms with Gasteiger partial charge >= 0.3 is 12.1 Å². The first-order valence-corrected chi connectivity index (χ1v) is 29.2.